The summed E-state index contributed by atoms with van der Waals surface area (Å²) in [6.45, 7) is 2.19. The molecule has 2 aromatic rings. The van der Waals surface area contributed by atoms with Gasteiger partial charge in [0, 0.05) is 21.4 Å². The van der Waals surface area contributed by atoms with Gasteiger partial charge in [0.15, 0.2) is 0 Å². The predicted molar refractivity (Wildman–Crippen MR) is 84.8 cm³/mol. The normalized spacial score (nSPS) is 10.2. The summed E-state index contributed by atoms with van der Waals surface area (Å²) in [6.07, 6.45) is 0. The molecule has 2 N–H and O–H groups in total. The number of aryl methyl sites for hydroxylation is 1. The van der Waals surface area contributed by atoms with E-state index in [1.807, 2.05) is 31.2 Å². The minimum Gasteiger partial charge on any atom is -0.376 e. The van der Waals surface area contributed by atoms with Crippen LogP contribution in [0.3, 0.4) is 0 Å². The molecule has 3 nitrogen and oxygen atoms in total. The lowest BCUT2D eigenvalue weighted by Gasteiger charge is -2.08. The van der Waals surface area contributed by atoms with Crippen molar-refractivity contribution < 1.29 is 4.79 Å². The van der Waals surface area contributed by atoms with Gasteiger partial charge in [0.2, 0.25) is 5.91 Å². The van der Waals surface area contributed by atoms with Crippen LogP contribution in [0.15, 0.2) is 42.5 Å². The standard InChI is InChI=1S/C15H14Cl2N2O/c1-10-2-4-13(5-3-10)18-9-15(20)19-14-7-11(16)6-12(17)8-14/h2-8,18H,9H2,1H3,(H,19,20). The van der Waals surface area contributed by atoms with E-state index in [1.54, 1.807) is 18.2 Å². The summed E-state index contributed by atoms with van der Waals surface area (Å²) in [5, 5.41) is 6.75. The van der Waals surface area contributed by atoms with Crippen LogP contribution in [0.25, 0.3) is 0 Å². The number of carbonyl (C=O) groups excluding carboxylic acids is 1. The summed E-state index contributed by atoms with van der Waals surface area (Å²) in [6, 6.07) is 12.7. The first-order valence-electron chi connectivity index (χ1n) is 6.09. The molecule has 20 heavy (non-hydrogen) atoms. The van der Waals surface area contributed by atoms with Crippen LogP contribution in [0.4, 0.5) is 11.4 Å². The smallest absolute Gasteiger partial charge is 0.243 e. The Kier molecular flexibility index (Phi) is 4.88. The van der Waals surface area contributed by atoms with Crippen LogP contribution in [0.2, 0.25) is 10.0 Å². The van der Waals surface area contributed by atoms with Crippen molar-refractivity contribution >= 4 is 40.5 Å². The van der Waals surface area contributed by atoms with E-state index in [4.69, 9.17) is 23.2 Å². The molecule has 2 aromatic carbocycles. The summed E-state index contributed by atoms with van der Waals surface area (Å²) in [5.41, 5.74) is 2.65. The highest BCUT2D eigenvalue weighted by atomic mass is 35.5. The summed E-state index contributed by atoms with van der Waals surface area (Å²) in [4.78, 5) is 11.8. The van der Waals surface area contributed by atoms with Crippen molar-refractivity contribution in [3.05, 3.63) is 58.1 Å². The predicted octanol–water partition coefficient (Wildman–Crippen LogP) is 4.35. The quantitative estimate of drug-likeness (QED) is 0.881. The molecule has 0 bridgehead atoms. The number of rotatable bonds is 4. The average molecular weight is 309 g/mol. The topological polar surface area (TPSA) is 41.1 Å². The van der Waals surface area contributed by atoms with Crippen LogP contribution in [0, 0.1) is 6.92 Å². The Morgan fingerprint density at radius 1 is 1.00 bits per heavy atom. The van der Waals surface area contributed by atoms with E-state index in [0.717, 1.165) is 5.69 Å². The molecule has 0 fully saturated rings. The Hall–Kier alpha value is -1.71. The van der Waals surface area contributed by atoms with Gasteiger partial charge in [0.25, 0.3) is 0 Å². The lowest BCUT2D eigenvalue weighted by atomic mass is 10.2. The Balaban J connectivity index is 1.90. The first kappa shape index (κ1) is 14.7. The van der Waals surface area contributed by atoms with Gasteiger partial charge >= 0.3 is 0 Å². The maximum absolute atomic E-state index is 11.8. The van der Waals surface area contributed by atoms with Crippen molar-refractivity contribution in [2.45, 2.75) is 6.92 Å². The first-order valence-corrected chi connectivity index (χ1v) is 6.85. The van der Waals surface area contributed by atoms with E-state index in [9.17, 15) is 4.79 Å². The highest BCUT2D eigenvalue weighted by molar-refractivity contribution is 6.35. The molecular weight excluding hydrogens is 295 g/mol. The first-order chi connectivity index (χ1) is 9.52. The van der Waals surface area contributed by atoms with Crippen LogP contribution >= 0.6 is 23.2 Å². The maximum Gasteiger partial charge on any atom is 0.243 e. The van der Waals surface area contributed by atoms with Gasteiger partial charge < -0.3 is 10.6 Å². The third-order valence-electron chi connectivity index (χ3n) is 2.65. The highest BCUT2D eigenvalue weighted by Gasteiger charge is 2.04. The number of anilines is 2. The van der Waals surface area contributed by atoms with Crippen molar-refractivity contribution in [3.8, 4) is 0 Å². The monoisotopic (exact) mass is 308 g/mol. The van der Waals surface area contributed by atoms with Gasteiger partial charge in [0.1, 0.15) is 0 Å². The number of nitrogens with one attached hydrogen (secondary N) is 2. The van der Waals surface area contributed by atoms with Gasteiger partial charge in [-0.3, -0.25) is 4.79 Å². The minimum absolute atomic E-state index is 0.163. The largest absolute Gasteiger partial charge is 0.376 e. The molecular formula is C15H14Cl2N2O. The molecule has 0 aliphatic carbocycles. The number of hydrogen-bond acceptors (Lipinski definition) is 2. The van der Waals surface area contributed by atoms with Crippen molar-refractivity contribution in [3.63, 3.8) is 0 Å². The third kappa shape index (κ3) is 4.44. The van der Waals surface area contributed by atoms with Crippen LogP contribution in [0.1, 0.15) is 5.56 Å². The molecule has 0 aliphatic rings. The van der Waals surface area contributed by atoms with E-state index in [1.165, 1.54) is 5.56 Å². The molecule has 0 atom stereocenters. The zero-order valence-corrected chi connectivity index (χ0v) is 12.4. The summed E-state index contributed by atoms with van der Waals surface area (Å²) >= 11 is 11.7. The number of hydrogen-bond donors (Lipinski definition) is 2. The van der Waals surface area contributed by atoms with Crippen LogP contribution < -0.4 is 10.6 Å². The second-order valence-electron chi connectivity index (χ2n) is 4.43. The summed E-state index contributed by atoms with van der Waals surface area (Å²) < 4.78 is 0. The van der Waals surface area contributed by atoms with Gasteiger partial charge in [-0.05, 0) is 37.3 Å². The fraction of sp³-hybridized carbons (Fsp3) is 0.133. The van der Waals surface area contributed by atoms with Gasteiger partial charge in [0.05, 0.1) is 6.54 Å². The SMILES string of the molecule is Cc1ccc(NCC(=O)Nc2cc(Cl)cc(Cl)c2)cc1. The number of benzene rings is 2. The van der Waals surface area contributed by atoms with E-state index < -0.39 is 0 Å². The van der Waals surface area contributed by atoms with E-state index >= 15 is 0 Å². The zero-order chi connectivity index (χ0) is 14.5. The Bertz CT molecular complexity index is 592. The van der Waals surface area contributed by atoms with Crippen molar-refractivity contribution in [1.29, 1.82) is 0 Å². The number of carbonyl (C=O) groups is 1. The molecule has 0 spiro atoms. The molecule has 0 heterocycles. The molecule has 5 heteroatoms. The average Bonchev–Trinajstić information content (AvgIpc) is 2.37. The van der Waals surface area contributed by atoms with Gasteiger partial charge in [-0.1, -0.05) is 40.9 Å². The summed E-state index contributed by atoms with van der Waals surface area (Å²) in [7, 11) is 0. The molecule has 0 saturated heterocycles. The lowest BCUT2D eigenvalue weighted by Crippen LogP contribution is -2.21. The molecule has 2 rings (SSSR count). The maximum atomic E-state index is 11.8. The molecule has 1 amide bonds. The van der Waals surface area contributed by atoms with Gasteiger partial charge in [-0.25, -0.2) is 0 Å². The van der Waals surface area contributed by atoms with Crippen molar-refractivity contribution in [2.75, 3.05) is 17.2 Å². The third-order valence-corrected chi connectivity index (χ3v) is 3.09. The Morgan fingerprint density at radius 3 is 2.20 bits per heavy atom. The van der Waals surface area contributed by atoms with Crippen molar-refractivity contribution in [1.82, 2.24) is 0 Å². The Labute approximate surface area is 127 Å². The number of amides is 1. The highest BCUT2D eigenvalue weighted by Crippen LogP contribution is 2.22. The van der Waals surface area contributed by atoms with E-state index in [-0.39, 0.29) is 12.5 Å². The van der Waals surface area contributed by atoms with E-state index in [2.05, 4.69) is 10.6 Å². The minimum atomic E-state index is -0.163. The van der Waals surface area contributed by atoms with Crippen LogP contribution in [0.5, 0.6) is 0 Å². The summed E-state index contributed by atoms with van der Waals surface area (Å²) in [5.74, 6) is -0.163. The zero-order valence-electron chi connectivity index (χ0n) is 10.9. The molecule has 0 unspecified atom stereocenters. The van der Waals surface area contributed by atoms with Crippen LogP contribution in [-0.4, -0.2) is 12.5 Å². The Morgan fingerprint density at radius 2 is 1.60 bits per heavy atom. The lowest BCUT2D eigenvalue weighted by molar-refractivity contribution is -0.114. The molecule has 0 saturated carbocycles. The molecule has 0 aromatic heterocycles. The van der Waals surface area contributed by atoms with E-state index in [0.29, 0.717) is 15.7 Å². The fourth-order valence-corrected chi connectivity index (χ4v) is 2.21. The van der Waals surface area contributed by atoms with Crippen LogP contribution in [-0.2, 0) is 4.79 Å². The van der Waals surface area contributed by atoms with Gasteiger partial charge in [-0.15, -0.1) is 0 Å². The fourth-order valence-electron chi connectivity index (χ4n) is 1.68. The molecule has 0 radical (unpaired) electrons. The second kappa shape index (κ2) is 6.64. The second-order valence-corrected chi connectivity index (χ2v) is 5.30. The van der Waals surface area contributed by atoms with Gasteiger partial charge in [-0.2, -0.15) is 0 Å². The molecule has 104 valence electrons. The van der Waals surface area contributed by atoms with Crippen molar-refractivity contribution in [2.24, 2.45) is 0 Å². The molecule has 0 aliphatic heterocycles. The number of halogens is 2.